The second-order valence-electron chi connectivity index (χ2n) is 6.23. The number of hydrogen-bond donors (Lipinski definition) is 0. The molecule has 0 aliphatic carbocycles. The van der Waals surface area contributed by atoms with Crippen molar-refractivity contribution in [3.63, 3.8) is 0 Å². The van der Waals surface area contributed by atoms with Crippen molar-refractivity contribution in [1.29, 1.82) is 0 Å². The largest absolute Gasteiger partial charge is 0.377 e. The lowest BCUT2D eigenvalue weighted by molar-refractivity contribution is 0.0645. The van der Waals surface area contributed by atoms with E-state index in [-0.39, 0.29) is 12.1 Å². The van der Waals surface area contributed by atoms with Crippen LogP contribution >= 0.6 is 0 Å². The number of ether oxygens (including phenoxy) is 1. The molecule has 2 aliphatic rings. The highest BCUT2D eigenvalue weighted by Crippen LogP contribution is 2.33. The van der Waals surface area contributed by atoms with Gasteiger partial charge in [-0.15, -0.1) is 0 Å². The summed E-state index contributed by atoms with van der Waals surface area (Å²) >= 11 is 0. The summed E-state index contributed by atoms with van der Waals surface area (Å²) in [7, 11) is -3.49. The van der Waals surface area contributed by atoms with Gasteiger partial charge in [0.25, 0.3) is 0 Å². The van der Waals surface area contributed by atoms with E-state index in [4.69, 9.17) is 4.74 Å². The summed E-state index contributed by atoms with van der Waals surface area (Å²) in [6.07, 6.45) is 5.53. The summed E-state index contributed by atoms with van der Waals surface area (Å²) in [6, 6.07) is 8.86. The van der Waals surface area contributed by atoms with Gasteiger partial charge < -0.3 is 4.74 Å². The minimum atomic E-state index is -3.49. The van der Waals surface area contributed by atoms with E-state index in [1.165, 1.54) is 0 Å². The summed E-state index contributed by atoms with van der Waals surface area (Å²) < 4.78 is 33.6. The van der Waals surface area contributed by atoms with Crippen LogP contribution in [0, 0.1) is 0 Å². The molecule has 6 heteroatoms. The Kier molecular flexibility index (Phi) is 3.83. The van der Waals surface area contributed by atoms with E-state index < -0.39 is 10.0 Å². The second kappa shape index (κ2) is 5.85. The first-order valence-electron chi connectivity index (χ1n) is 8.14. The number of sulfonamides is 1. The van der Waals surface area contributed by atoms with Gasteiger partial charge in [-0.1, -0.05) is 6.07 Å². The van der Waals surface area contributed by atoms with Gasteiger partial charge in [0.05, 0.1) is 22.6 Å². The molecule has 0 saturated carbocycles. The maximum atomic E-state index is 13.1. The van der Waals surface area contributed by atoms with Gasteiger partial charge in [0.15, 0.2) is 0 Å². The molecule has 0 N–H and O–H groups in total. The van der Waals surface area contributed by atoms with E-state index in [1.807, 2.05) is 12.1 Å². The third-order valence-electron chi connectivity index (χ3n) is 4.82. The molecule has 1 aromatic heterocycles. The Balaban J connectivity index is 1.70. The number of pyridine rings is 1. The van der Waals surface area contributed by atoms with Crippen LogP contribution in [0.3, 0.4) is 0 Å². The number of nitrogens with zero attached hydrogens (tertiary/aromatic N) is 2. The van der Waals surface area contributed by atoms with Crippen molar-refractivity contribution < 1.29 is 13.2 Å². The van der Waals surface area contributed by atoms with Crippen molar-refractivity contribution in [2.75, 3.05) is 13.2 Å². The fourth-order valence-electron chi connectivity index (χ4n) is 3.69. The highest BCUT2D eigenvalue weighted by molar-refractivity contribution is 7.89. The maximum absolute atomic E-state index is 13.1. The molecule has 2 unspecified atom stereocenters. The lowest BCUT2D eigenvalue weighted by Crippen LogP contribution is -2.42. The Labute approximate surface area is 136 Å². The third-order valence-corrected chi connectivity index (χ3v) is 6.74. The molecule has 23 heavy (non-hydrogen) atoms. The fourth-order valence-corrected chi connectivity index (χ4v) is 5.45. The molecule has 5 nitrogen and oxygen atoms in total. The lowest BCUT2D eigenvalue weighted by atomic mass is 10.1. The van der Waals surface area contributed by atoms with Crippen molar-refractivity contribution in [3.05, 3.63) is 36.5 Å². The van der Waals surface area contributed by atoms with Gasteiger partial charge in [-0.3, -0.25) is 4.98 Å². The first kappa shape index (κ1) is 15.1. The molecule has 0 spiro atoms. The zero-order valence-corrected chi connectivity index (χ0v) is 13.7. The van der Waals surface area contributed by atoms with Gasteiger partial charge in [-0.05, 0) is 49.9 Å². The quantitative estimate of drug-likeness (QED) is 0.867. The zero-order chi connectivity index (χ0) is 15.9. The van der Waals surface area contributed by atoms with E-state index in [2.05, 4.69) is 4.98 Å². The van der Waals surface area contributed by atoms with Crippen molar-refractivity contribution in [3.8, 4) is 0 Å². The predicted molar refractivity (Wildman–Crippen MR) is 87.6 cm³/mol. The predicted octanol–water partition coefficient (Wildman–Crippen LogP) is 2.57. The Bertz CT molecular complexity index is 815. The first-order valence-corrected chi connectivity index (χ1v) is 9.58. The highest BCUT2D eigenvalue weighted by Gasteiger charge is 2.41. The molecule has 0 radical (unpaired) electrons. The Morgan fingerprint density at radius 1 is 1.17 bits per heavy atom. The van der Waals surface area contributed by atoms with Crippen LogP contribution in [0.4, 0.5) is 0 Å². The van der Waals surface area contributed by atoms with E-state index in [1.54, 1.807) is 28.7 Å². The molecular formula is C17H20N2O3S. The van der Waals surface area contributed by atoms with Crippen molar-refractivity contribution in [2.24, 2.45) is 0 Å². The summed E-state index contributed by atoms with van der Waals surface area (Å²) in [5.41, 5.74) is 0.809. The summed E-state index contributed by atoms with van der Waals surface area (Å²) in [6.45, 7) is 1.33. The lowest BCUT2D eigenvalue weighted by Gasteiger charge is -2.28. The van der Waals surface area contributed by atoms with Gasteiger partial charge in [0.2, 0.25) is 10.0 Å². The Morgan fingerprint density at radius 2 is 2.09 bits per heavy atom. The van der Waals surface area contributed by atoms with Gasteiger partial charge >= 0.3 is 0 Å². The van der Waals surface area contributed by atoms with Crippen LogP contribution in [0.1, 0.15) is 25.7 Å². The molecule has 2 aromatic rings. The topological polar surface area (TPSA) is 59.5 Å². The Hall–Kier alpha value is -1.50. The third kappa shape index (κ3) is 2.65. The second-order valence-corrected chi connectivity index (χ2v) is 8.13. The first-order chi connectivity index (χ1) is 11.2. The van der Waals surface area contributed by atoms with Crippen LogP contribution in [0.2, 0.25) is 0 Å². The summed E-state index contributed by atoms with van der Waals surface area (Å²) in [5.74, 6) is 0. The number of rotatable bonds is 3. The molecule has 0 amide bonds. The molecule has 0 bridgehead atoms. The molecule has 2 atom stereocenters. The average molecular weight is 332 g/mol. The van der Waals surface area contributed by atoms with E-state index in [0.29, 0.717) is 11.4 Å². The summed E-state index contributed by atoms with van der Waals surface area (Å²) in [5, 5.41) is 0.849. The molecular weight excluding hydrogens is 312 g/mol. The number of benzene rings is 1. The van der Waals surface area contributed by atoms with Gasteiger partial charge in [0.1, 0.15) is 0 Å². The van der Waals surface area contributed by atoms with Crippen LogP contribution in [-0.4, -0.2) is 43.0 Å². The van der Waals surface area contributed by atoms with E-state index in [9.17, 15) is 8.42 Å². The number of aromatic nitrogens is 1. The van der Waals surface area contributed by atoms with Crippen LogP contribution in [0.5, 0.6) is 0 Å². The van der Waals surface area contributed by atoms with Crippen LogP contribution in [-0.2, 0) is 14.8 Å². The van der Waals surface area contributed by atoms with Gasteiger partial charge in [0, 0.05) is 24.7 Å². The molecule has 1 aromatic carbocycles. The molecule has 2 aliphatic heterocycles. The smallest absolute Gasteiger partial charge is 0.243 e. The maximum Gasteiger partial charge on any atom is 0.243 e. The Morgan fingerprint density at radius 3 is 2.91 bits per heavy atom. The van der Waals surface area contributed by atoms with Crippen LogP contribution < -0.4 is 0 Å². The molecule has 2 saturated heterocycles. The fraction of sp³-hybridized carbons (Fsp3) is 0.471. The van der Waals surface area contributed by atoms with Crippen molar-refractivity contribution in [2.45, 2.75) is 42.7 Å². The van der Waals surface area contributed by atoms with Crippen LogP contribution in [0.25, 0.3) is 10.9 Å². The standard InChI is InChI=1S/C17H20N2O3S/c20-23(21,14-7-8-15-13(12-14)4-1-9-18-15)19-10-2-5-16(19)17-6-3-11-22-17/h1,4,7-9,12,16-17H,2-3,5-6,10-11H2. The normalized spacial score (nSPS) is 26.1. The molecule has 2 fully saturated rings. The van der Waals surface area contributed by atoms with Gasteiger partial charge in [-0.2, -0.15) is 4.31 Å². The number of hydrogen-bond acceptors (Lipinski definition) is 4. The summed E-state index contributed by atoms with van der Waals surface area (Å²) in [4.78, 5) is 4.60. The monoisotopic (exact) mass is 332 g/mol. The number of fused-ring (bicyclic) bond motifs is 1. The average Bonchev–Trinajstić information content (AvgIpc) is 3.25. The van der Waals surface area contributed by atoms with E-state index >= 15 is 0 Å². The minimum Gasteiger partial charge on any atom is -0.377 e. The van der Waals surface area contributed by atoms with Crippen molar-refractivity contribution >= 4 is 20.9 Å². The molecule has 4 rings (SSSR count). The van der Waals surface area contributed by atoms with Crippen LogP contribution in [0.15, 0.2) is 41.4 Å². The molecule has 122 valence electrons. The SMILES string of the molecule is O=S(=O)(c1ccc2ncccc2c1)N1CCCC1C1CCCO1. The van der Waals surface area contributed by atoms with E-state index in [0.717, 1.165) is 43.2 Å². The molecule has 3 heterocycles. The van der Waals surface area contributed by atoms with Gasteiger partial charge in [-0.25, -0.2) is 8.42 Å². The minimum absolute atomic E-state index is 0.0212. The highest BCUT2D eigenvalue weighted by atomic mass is 32.2. The van der Waals surface area contributed by atoms with Crippen molar-refractivity contribution in [1.82, 2.24) is 9.29 Å². The zero-order valence-electron chi connectivity index (χ0n) is 12.9.